The van der Waals surface area contributed by atoms with Gasteiger partial charge in [0.1, 0.15) is 0 Å². The van der Waals surface area contributed by atoms with Gasteiger partial charge < -0.3 is 10.2 Å². The molecule has 1 aromatic heterocycles. The highest BCUT2D eigenvalue weighted by Crippen LogP contribution is 2.09. The second-order valence-electron chi connectivity index (χ2n) is 5.25. The van der Waals surface area contributed by atoms with Crippen LogP contribution in [0.3, 0.4) is 0 Å². The number of amides is 1. The van der Waals surface area contributed by atoms with E-state index in [2.05, 4.69) is 10.4 Å². The number of benzene rings is 1. The molecule has 0 aliphatic heterocycles. The lowest BCUT2D eigenvalue weighted by atomic mass is 10.2. The molecule has 1 heterocycles. The Morgan fingerprint density at radius 2 is 2.00 bits per heavy atom. The maximum atomic E-state index is 12.1. The standard InChI is InChI=1S/C17H18N4O3/c1-18-17(24)12-5-4-6-13(11-12)21-10-8-15(23)16(19-21)14(22)7-9-20(2)3/h4-11H,1-3H3,(H,18,24)/b9-7+. The fourth-order valence-electron chi connectivity index (χ4n) is 1.95. The summed E-state index contributed by atoms with van der Waals surface area (Å²) >= 11 is 0. The topological polar surface area (TPSA) is 84.3 Å². The molecule has 1 aromatic carbocycles. The molecule has 0 saturated carbocycles. The number of ketones is 1. The highest BCUT2D eigenvalue weighted by Gasteiger charge is 2.11. The molecule has 0 fully saturated rings. The summed E-state index contributed by atoms with van der Waals surface area (Å²) in [5, 5.41) is 6.64. The molecule has 0 spiro atoms. The van der Waals surface area contributed by atoms with E-state index in [0.29, 0.717) is 11.3 Å². The van der Waals surface area contributed by atoms with E-state index in [9.17, 15) is 14.4 Å². The van der Waals surface area contributed by atoms with E-state index >= 15 is 0 Å². The molecule has 1 amide bonds. The van der Waals surface area contributed by atoms with Crippen LogP contribution in [-0.2, 0) is 0 Å². The summed E-state index contributed by atoms with van der Waals surface area (Å²) in [6, 6.07) is 7.99. The molecule has 124 valence electrons. The van der Waals surface area contributed by atoms with Gasteiger partial charge in [-0.2, -0.15) is 5.10 Å². The Morgan fingerprint density at radius 3 is 2.67 bits per heavy atom. The first-order chi connectivity index (χ1) is 11.4. The van der Waals surface area contributed by atoms with Gasteiger partial charge in [-0.3, -0.25) is 14.4 Å². The fraction of sp³-hybridized carbons (Fsp3) is 0.176. The minimum atomic E-state index is -0.481. The lowest BCUT2D eigenvalue weighted by molar-refractivity contribution is 0.0962. The molecule has 1 N–H and O–H groups in total. The number of carbonyl (C=O) groups excluding carboxylic acids is 2. The molecule has 0 radical (unpaired) electrons. The third-order valence-electron chi connectivity index (χ3n) is 3.17. The van der Waals surface area contributed by atoms with Crippen molar-refractivity contribution < 1.29 is 9.59 Å². The van der Waals surface area contributed by atoms with Crippen LogP contribution < -0.4 is 10.7 Å². The first-order valence-corrected chi connectivity index (χ1v) is 7.24. The van der Waals surface area contributed by atoms with E-state index in [1.807, 2.05) is 0 Å². The maximum absolute atomic E-state index is 12.1. The van der Waals surface area contributed by atoms with Crippen molar-refractivity contribution in [1.82, 2.24) is 20.0 Å². The molecule has 0 saturated heterocycles. The second kappa shape index (κ2) is 7.36. The van der Waals surface area contributed by atoms with E-state index in [-0.39, 0.29) is 11.6 Å². The Hall–Kier alpha value is -3.22. The largest absolute Gasteiger partial charge is 0.383 e. The maximum Gasteiger partial charge on any atom is 0.251 e. The molecule has 0 atom stereocenters. The fourth-order valence-corrected chi connectivity index (χ4v) is 1.95. The van der Waals surface area contributed by atoms with Crippen LogP contribution in [0.4, 0.5) is 0 Å². The molecular formula is C17H18N4O3. The van der Waals surface area contributed by atoms with E-state index in [4.69, 9.17) is 0 Å². The number of allylic oxidation sites excluding steroid dienone is 1. The molecular weight excluding hydrogens is 308 g/mol. The van der Waals surface area contributed by atoms with Gasteiger partial charge in [0.25, 0.3) is 5.91 Å². The van der Waals surface area contributed by atoms with Crippen molar-refractivity contribution in [2.45, 2.75) is 0 Å². The van der Waals surface area contributed by atoms with Crippen LogP contribution in [-0.4, -0.2) is 47.5 Å². The van der Waals surface area contributed by atoms with Crippen LogP contribution >= 0.6 is 0 Å². The molecule has 2 aromatic rings. The van der Waals surface area contributed by atoms with Gasteiger partial charge in [-0.1, -0.05) is 6.07 Å². The van der Waals surface area contributed by atoms with Crippen molar-refractivity contribution in [3.8, 4) is 5.69 Å². The van der Waals surface area contributed by atoms with Crippen molar-refractivity contribution in [2.75, 3.05) is 21.1 Å². The second-order valence-corrected chi connectivity index (χ2v) is 5.25. The highest BCUT2D eigenvalue weighted by atomic mass is 16.2. The summed E-state index contributed by atoms with van der Waals surface area (Å²) in [7, 11) is 5.08. The number of carbonyl (C=O) groups is 2. The van der Waals surface area contributed by atoms with Gasteiger partial charge in [-0.05, 0) is 18.2 Å². The molecule has 0 bridgehead atoms. The van der Waals surface area contributed by atoms with E-state index in [0.717, 1.165) is 0 Å². The third-order valence-corrected chi connectivity index (χ3v) is 3.17. The zero-order valence-electron chi connectivity index (χ0n) is 13.7. The molecule has 7 heteroatoms. The van der Waals surface area contributed by atoms with Crippen LogP contribution in [0.15, 0.2) is 53.6 Å². The number of nitrogens with zero attached hydrogens (tertiary/aromatic N) is 3. The highest BCUT2D eigenvalue weighted by molar-refractivity contribution is 6.02. The van der Waals surface area contributed by atoms with Crippen molar-refractivity contribution >= 4 is 11.7 Å². The van der Waals surface area contributed by atoms with Crippen molar-refractivity contribution in [3.63, 3.8) is 0 Å². The zero-order valence-corrected chi connectivity index (χ0v) is 13.7. The van der Waals surface area contributed by atoms with Crippen LogP contribution in [0, 0.1) is 0 Å². The van der Waals surface area contributed by atoms with Gasteiger partial charge >= 0.3 is 0 Å². The van der Waals surface area contributed by atoms with Gasteiger partial charge in [-0.15, -0.1) is 0 Å². The lowest BCUT2D eigenvalue weighted by Gasteiger charge is -2.08. The normalized spacial score (nSPS) is 10.6. The summed E-state index contributed by atoms with van der Waals surface area (Å²) in [4.78, 5) is 37.4. The first kappa shape index (κ1) is 17.1. The van der Waals surface area contributed by atoms with E-state index in [1.165, 1.54) is 23.0 Å². The summed E-state index contributed by atoms with van der Waals surface area (Å²) in [5.74, 6) is -0.714. The summed E-state index contributed by atoms with van der Waals surface area (Å²) in [6.07, 6.45) is 4.29. The predicted molar refractivity (Wildman–Crippen MR) is 90.4 cm³/mol. The summed E-state index contributed by atoms with van der Waals surface area (Å²) in [6.45, 7) is 0. The van der Waals surface area contributed by atoms with Crippen LogP contribution in [0.5, 0.6) is 0 Å². The minimum Gasteiger partial charge on any atom is -0.383 e. The number of nitrogens with one attached hydrogen (secondary N) is 1. The Balaban J connectivity index is 2.43. The molecule has 0 aliphatic carbocycles. The Morgan fingerprint density at radius 1 is 1.25 bits per heavy atom. The van der Waals surface area contributed by atoms with Gasteiger partial charge in [0, 0.05) is 51.2 Å². The Kier molecular flexibility index (Phi) is 5.26. The molecule has 24 heavy (non-hydrogen) atoms. The number of rotatable bonds is 5. The minimum absolute atomic E-state index is 0.180. The lowest BCUT2D eigenvalue weighted by Crippen LogP contribution is -2.21. The average molecular weight is 326 g/mol. The number of hydrogen-bond donors (Lipinski definition) is 1. The smallest absolute Gasteiger partial charge is 0.251 e. The summed E-state index contributed by atoms with van der Waals surface area (Å²) < 4.78 is 1.39. The Labute approximate surface area is 139 Å². The number of aromatic nitrogens is 2. The molecule has 2 rings (SSSR count). The molecule has 0 aliphatic rings. The van der Waals surface area contributed by atoms with E-state index < -0.39 is 11.2 Å². The monoisotopic (exact) mass is 326 g/mol. The summed E-state index contributed by atoms with van der Waals surface area (Å²) in [5.41, 5.74) is 0.390. The van der Waals surface area contributed by atoms with Gasteiger partial charge in [0.15, 0.2) is 5.69 Å². The predicted octanol–water partition coefficient (Wildman–Crippen LogP) is 0.850. The van der Waals surface area contributed by atoms with Crippen LogP contribution in [0.2, 0.25) is 0 Å². The van der Waals surface area contributed by atoms with Crippen LogP contribution in [0.25, 0.3) is 5.69 Å². The number of hydrogen-bond acceptors (Lipinski definition) is 5. The van der Waals surface area contributed by atoms with Gasteiger partial charge in [0.05, 0.1) is 5.69 Å². The van der Waals surface area contributed by atoms with E-state index in [1.54, 1.807) is 56.5 Å². The molecule has 7 nitrogen and oxygen atoms in total. The average Bonchev–Trinajstić information content (AvgIpc) is 2.59. The quantitative estimate of drug-likeness (QED) is 0.650. The Bertz CT molecular complexity index is 853. The van der Waals surface area contributed by atoms with Gasteiger partial charge in [0.2, 0.25) is 11.2 Å². The van der Waals surface area contributed by atoms with Crippen molar-refractivity contribution in [1.29, 1.82) is 0 Å². The zero-order chi connectivity index (χ0) is 17.7. The van der Waals surface area contributed by atoms with Crippen molar-refractivity contribution in [2.24, 2.45) is 0 Å². The van der Waals surface area contributed by atoms with Crippen molar-refractivity contribution in [3.05, 3.63) is 70.3 Å². The third kappa shape index (κ3) is 3.95. The van der Waals surface area contributed by atoms with Gasteiger partial charge in [-0.25, -0.2) is 4.68 Å². The SMILES string of the molecule is CNC(=O)c1cccc(-n2ccc(=O)c(C(=O)/C=C/N(C)C)n2)c1. The first-order valence-electron chi connectivity index (χ1n) is 7.24. The van der Waals surface area contributed by atoms with Crippen LogP contribution in [0.1, 0.15) is 20.8 Å². The molecule has 0 unspecified atom stereocenters.